The van der Waals surface area contributed by atoms with Gasteiger partial charge in [-0.1, -0.05) is 47.1 Å². The summed E-state index contributed by atoms with van der Waals surface area (Å²) in [5.41, 5.74) is 1.86. The Bertz CT molecular complexity index is 1150. The lowest BCUT2D eigenvalue weighted by atomic mass is 10.2. The quantitative estimate of drug-likeness (QED) is 0.219. The molecule has 3 aromatic carbocycles. The smallest absolute Gasteiger partial charge is 0.196 e. The third-order valence-electron chi connectivity index (χ3n) is 4.48. The summed E-state index contributed by atoms with van der Waals surface area (Å²) >= 11 is 13.8. The van der Waals surface area contributed by atoms with E-state index in [4.69, 9.17) is 32.7 Å². The summed E-state index contributed by atoms with van der Waals surface area (Å²) in [5, 5.41) is 10.9. The highest BCUT2D eigenvalue weighted by atomic mass is 35.5. The van der Waals surface area contributed by atoms with Gasteiger partial charge in [0, 0.05) is 22.0 Å². The second-order valence-electron chi connectivity index (χ2n) is 6.47. The van der Waals surface area contributed by atoms with Crippen LogP contribution in [0.2, 0.25) is 10.0 Å². The largest absolute Gasteiger partial charge is 0.497 e. The Morgan fingerprint density at radius 2 is 1.65 bits per heavy atom. The van der Waals surface area contributed by atoms with E-state index in [-0.39, 0.29) is 0 Å². The standard InChI is InChI=1S/C23H19Cl2N3O2S/c1-29-19-12-10-18(11-13-19)28-22(16-6-8-17(24)9-7-16)26-27-23(28)31-15-14-30-21-5-3-2-4-20(21)25/h2-13H,14-15H2,1H3. The summed E-state index contributed by atoms with van der Waals surface area (Å²) in [6.07, 6.45) is 0. The summed E-state index contributed by atoms with van der Waals surface area (Å²) in [6, 6.07) is 22.8. The van der Waals surface area contributed by atoms with Crippen LogP contribution in [0.1, 0.15) is 0 Å². The fourth-order valence-corrected chi connectivity index (χ4v) is 4.04. The van der Waals surface area contributed by atoms with Gasteiger partial charge in [0.25, 0.3) is 0 Å². The van der Waals surface area contributed by atoms with Crippen molar-refractivity contribution in [3.63, 3.8) is 0 Å². The van der Waals surface area contributed by atoms with Gasteiger partial charge in [-0.05, 0) is 60.7 Å². The molecule has 1 heterocycles. The van der Waals surface area contributed by atoms with Gasteiger partial charge < -0.3 is 9.47 Å². The number of thioether (sulfide) groups is 1. The number of ether oxygens (including phenoxy) is 2. The summed E-state index contributed by atoms with van der Waals surface area (Å²) < 4.78 is 13.1. The zero-order valence-corrected chi connectivity index (χ0v) is 19.0. The molecule has 0 saturated carbocycles. The first kappa shape index (κ1) is 21.6. The minimum atomic E-state index is 0.486. The maximum Gasteiger partial charge on any atom is 0.196 e. The van der Waals surface area contributed by atoms with Crippen molar-refractivity contribution in [2.75, 3.05) is 19.5 Å². The number of nitrogens with zero attached hydrogens (tertiary/aromatic N) is 3. The van der Waals surface area contributed by atoms with Gasteiger partial charge in [-0.25, -0.2) is 0 Å². The van der Waals surface area contributed by atoms with Crippen LogP contribution in [0.25, 0.3) is 17.1 Å². The minimum absolute atomic E-state index is 0.486. The van der Waals surface area contributed by atoms with Crippen LogP contribution in [0.5, 0.6) is 11.5 Å². The normalized spacial score (nSPS) is 10.8. The molecule has 31 heavy (non-hydrogen) atoms. The first-order valence-electron chi connectivity index (χ1n) is 9.51. The molecule has 8 heteroatoms. The third kappa shape index (κ3) is 5.15. The van der Waals surface area contributed by atoms with E-state index in [9.17, 15) is 0 Å². The molecule has 0 spiro atoms. The number of halogens is 2. The first-order valence-corrected chi connectivity index (χ1v) is 11.3. The molecule has 0 aliphatic rings. The molecule has 0 bridgehead atoms. The van der Waals surface area contributed by atoms with E-state index in [1.54, 1.807) is 18.9 Å². The molecule has 5 nitrogen and oxygen atoms in total. The lowest BCUT2D eigenvalue weighted by Gasteiger charge is -2.12. The van der Waals surface area contributed by atoms with Crippen molar-refractivity contribution in [2.24, 2.45) is 0 Å². The lowest BCUT2D eigenvalue weighted by Crippen LogP contribution is -2.04. The van der Waals surface area contributed by atoms with Crippen molar-refractivity contribution >= 4 is 35.0 Å². The zero-order valence-electron chi connectivity index (χ0n) is 16.7. The van der Waals surface area contributed by atoms with Crippen molar-refractivity contribution in [3.05, 3.63) is 82.8 Å². The predicted octanol–water partition coefficient (Wildman–Crippen LogP) is 6.42. The third-order valence-corrected chi connectivity index (χ3v) is 5.93. The number of hydrogen-bond donors (Lipinski definition) is 0. The van der Waals surface area contributed by atoms with E-state index in [1.165, 1.54) is 0 Å². The molecule has 0 N–H and O–H groups in total. The van der Waals surface area contributed by atoms with Crippen LogP contribution in [0.15, 0.2) is 78.0 Å². The molecule has 1 aromatic heterocycles. The second kappa shape index (κ2) is 10.1. The molecule has 158 valence electrons. The first-order chi connectivity index (χ1) is 15.2. The number of methoxy groups -OCH3 is 1. The Balaban J connectivity index is 1.57. The molecule has 0 amide bonds. The van der Waals surface area contributed by atoms with Crippen LogP contribution in [-0.4, -0.2) is 34.2 Å². The summed E-state index contributed by atoms with van der Waals surface area (Å²) in [5.74, 6) is 2.87. The maximum atomic E-state index is 6.15. The molecule has 4 rings (SSSR count). The van der Waals surface area contributed by atoms with Gasteiger partial charge in [0.05, 0.1) is 18.7 Å². The van der Waals surface area contributed by atoms with Crippen molar-refractivity contribution in [1.82, 2.24) is 14.8 Å². The molecule has 4 aromatic rings. The van der Waals surface area contributed by atoms with Crippen LogP contribution in [0, 0.1) is 0 Å². The molecule has 0 atom stereocenters. The molecule has 0 radical (unpaired) electrons. The number of aromatic nitrogens is 3. The Morgan fingerprint density at radius 3 is 2.35 bits per heavy atom. The van der Waals surface area contributed by atoms with Gasteiger partial charge in [-0.15, -0.1) is 10.2 Å². The van der Waals surface area contributed by atoms with Crippen molar-refractivity contribution < 1.29 is 9.47 Å². The van der Waals surface area contributed by atoms with Gasteiger partial charge in [0.2, 0.25) is 0 Å². The fraction of sp³-hybridized carbons (Fsp3) is 0.130. The van der Waals surface area contributed by atoms with Crippen molar-refractivity contribution in [3.8, 4) is 28.6 Å². The van der Waals surface area contributed by atoms with Crippen LogP contribution in [-0.2, 0) is 0 Å². The van der Waals surface area contributed by atoms with E-state index >= 15 is 0 Å². The highest BCUT2D eigenvalue weighted by molar-refractivity contribution is 7.99. The molecule has 0 saturated heterocycles. The Kier molecular flexibility index (Phi) is 7.02. The maximum absolute atomic E-state index is 6.15. The van der Waals surface area contributed by atoms with Crippen LogP contribution in [0.3, 0.4) is 0 Å². The van der Waals surface area contributed by atoms with Gasteiger partial charge in [0.15, 0.2) is 11.0 Å². The number of hydrogen-bond acceptors (Lipinski definition) is 5. The Labute approximate surface area is 194 Å². The topological polar surface area (TPSA) is 49.2 Å². The second-order valence-corrected chi connectivity index (χ2v) is 8.38. The summed E-state index contributed by atoms with van der Waals surface area (Å²) in [7, 11) is 1.65. The van der Waals surface area contributed by atoms with E-state index in [0.717, 1.165) is 28.0 Å². The molecular weight excluding hydrogens is 453 g/mol. The van der Waals surface area contributed by atoms with Gasteiger partial charge in [-0.2, -0.15) is 0 Å². The van der Waals surface area contributed by atoms with Gasteiger partial charge in [0.1, 0.15) is 11.5 Å². The Morgan fingerprint density at radius 1 is 0.903 bits per heavy atom. The molecule has 0 aliphatic heterocycles. The van der Waals surface area contributed by atoms with Crippen LogP contribution >= 0.6 is 35.0 Å². The fourth-order valence-electron chi connectivity index (χ4n) is 2.96. The van der Waals surface area contributed by atoms with Gasteiger partial charge in [-0.3, -0.25) is 4.57 Å². The molecule has 0 fully saturated rings. The highest BCUT2D eigenvalue weighted by Gasteiger charge is 2.16. The monoisotopic (exact) mass is 471 g/mol. The average molecular weight is 472 g/mol. The Hall–Kier alpha value is -2.67. The molecular formula is C23H19Cl2N3O2S. The molecule has 0 aliphatic carbocycles. The number of para-hydroxylation sites is 1. The van der Waals surface area contributed by atoms with E-state index in [2.05, 4.69) is 10.2 Å². The summed E-state index contributed by atoms with van der Waals surface area (Å²) in [6.45, 7) is 0.486. The van der Waals surface area contributed by atoms with Crippen LogP contribution in [0.4, 0.5) is 0 Å². The SMILES string of the molecule is COc1ccc(-n2c(SCCOc3ccccc3Cl)nnc2-c2ccc(Cl)cc2)cc1. The zero-order chi connectivity index (χ0) is 21.6. The number of rotatable bonds is 8. The average Bonchev–Trinajstić information content (AvgIpc) is 3.22. The number of benzene rings is 3. The van der Waals surface area contributed by atoms with E-state index in [1.807, 2.05) is 77.4 Å². The molecule has 0 unspecified atom stereocenters. The van der Waals surface area contributed by atoms with Crippen molar-refractivity contribution in [1.29, 1.82) is 0 Å². The minimum Gasteiger partial charge on any atom is -0.497 e. The summed E-state index contributed by atoms with van der Waals surface area (Å²) in [4.78, 5) is 0. The lowest BCUT2D eigenvalue weighted by molar-refractivity contribution is 0.344. The predicted molar refractivity (Wildman–Crippen MR) is 126 cm³/mol. The van der Waals surface area contributed by atoms with E-state index < -0.39 is 0 Å². The van der Waals surface area contributed by atoms with E-state index in [0.29, 0.717) is 28.2 Å². The van der Waals surface area contributed by atoms with Crippen molar-refractivity contribution in [2.45, 2.75) is 5.16 Å². The van der Waals surface area contributed by atoms with Crippen LogP contribution < -0.4 is 9.47 Å². The van der Waals surface area contributed by atoms with Gasteiger partial charge >= 0.3 is 0 Å². The highest BCUT2D eigenvalue weighted by Crippen LogP contribution is 2.30.